The van der Waals surface area contributed by atoms with E-state index in [1.165, 1.54) is 64.5 Å². The van der Waals surface area contributed by atoms with Crippen LogP contribution in [0.15, 0.2) is 24.3 Å². The maximum atomic E-state index is 12.8. The molecule has 144 valence electrons. The lowest BCUT2D eigenvalue weighted by molar-refractivity contribution is 0.0326. The summed E-state index contributed by atoms with van der Waals surface area (Å²) in [5.74, 6) is 0.476. The molecule has 0 spiro atoms. The van der Waals surface area contributed by atoms with Gasteiger partial charge in [0.05, 0.1) is 0 Å². The molecule has 0 bridgehead atoms. The van der Waals surface area contributed by atoms with E-state index in [4.69, 9.17) is 0 Å². The van der Waals surface area contributed by atoms with Gasteiger partial charge in [-0.2, -0.15) is 5.21 Å². The smallest absolute Gasteiger partial charge is 0.251 e. The van der Waals surface area contributed by atoms with E-state index in [9.17, 15) is 4.79 Å². The highest BCUT2D eigenvalue weighted by molar-refractivity contribution is 5.95. The zero-order valence-corrected chi connectivity index (χ0v) is 15.8. The number of hydrogen-bond acceptors (Lipinski definition) is 5. The molecule has 1 saturated heterocycles. The fraction of sp³-hybridized carbons (Fsp3) is 0.600. The topological polar surface area (TPSA) is 86.8 Å². The number of piperidine rings is 1. The largest absolute Gasteiger partial charge is 0.350 e. The van der Waals surface area contributed by atoms with Gasteiger partial charge in [-0.05, 0) is 56.1 Å². The Labute approximate surface area is 159 Å². The van der Waals surface area contributed by atoms with Crippen LogP contribution < -0.4 is 5.32 Å². The van der Waals surface area contributed by atoms with Crippen LogP contribution in [0.1, 0.15) is 61.7 Å². The predicted octanol–water partition coefficient (Wildman–Crippen LogP) is 2.79. The number of carbonyl (C=O) groups is 1. The predicted molar refractivity (Wildman–Crippen MR) is 103 cm³/mol. The van der Waals surface area contributed by atoms with Crippen LogP contribution in [0, 0.1) is 0 Å². The van der Waals surface area contributed by atoms with Crippen LogP contribution >= 0.6 is 0 Å². The third-order valence-electron chi connectivity index (χ3n) is 6.12. The van der Waals surface area contributed by atoms with Gasteiger partial charge in [0.1, 0.15) is 0 Å². The average molecular weight is 368 g/mol. The first-order valence-corrected chi connectivity index (χ1v) is 10.1. The van der Waals surface area contributed by atoms with Crippen molar-refractivity contribution in [2.75, 3.05) is 19.6 Å². The Morgan fingerprint density at radius 2 is 1.89 bits per heavy atom. The maximum absolute atomic E-state index is 12.8. The fourth-order valence-electron chi connectivity index (χ4n) is 4.61. The Kier molecular flexibility index (Phi) is 5.48. The summed E-state index contributed by atoms with van der Waals surface area (Å²) in [6, 6.07) is 7.42. The van der Waals surface area contributed by atoms with Crippen LogP contribution in [-0.2, 0) is 0 Å². The summed E-state index contributed by atoms with van der Waals surface area (Å²) in [5, 5.41) is 17.3. The molecule has 4 rings (SSSR count). The average Bonchev–Trinajstić information content (AvgIpc) is 3.28. The summed E-state index contributed by atoms with van der Waals surface area (Å²) >= 11 is 0. The van der Waals surface area contributed by atoms with E-state index in [2.05, 4.69) is 30.8 Å². The number of aromatic nitrogens is 4. The minimum atomic E-state index is -0.0256. The molecule has 2 fully saturated rings. The van der Waals surface area contributed by atoms with Gasteiger partial charge in [0, 0.05) is 23.2 Å². The number of hydrogen-bond donors (Lipinski definition) is 2. The molecule has 7 heteroatoms. The SMILES string of the molecule is O=C(NCC1(N2CCCCC2)CCCCC1)c1cccc(-c2nn[nH]n2)c1. The van der Waals surface area contributed by atoms with Crippen LogP contribution in [0.5, 0.6) is 0 Å². The van der Waals surface area contributed by atoms with Crippen molar-refractivity contribution < 1.29 is 4.79 Å². The summed E-state index contributed by atoms with van der Waals surface area (Å²) in [6.07, 6.45) is 10.1. The molecule has 1 saturated carbocycles. The Balaban J connectivity index is 1.46. The van der Waals surface area contributed by atoms with Crippen molar-refractivity contribution in [2.45, 2.75) is 56.9 Å². The van der Waals surface area contributed by atoms with Gasteiger partial charge in [-0.25, -0.2) is 0 Å². The summed E-state index contributed by atoms with van der Waals surface area (Å²) in [7, 11) is 0. The van der Waals surface area contributed by atoms with Crippen molar-refractivity contribution in [3.8, 4) is 11.4 Å². The molecular weight excluding hydrogens is 340 g/mol. The van der Waals surface area contributed by atoms with E-state index in [1.807, 2.05) is 24.3 Å². The molecule has 2 heterocycles. The van der Waals surface area contributed by atoms with E-state index < -0.39 is 0 Å². The molecule has 0 unspecified atom stereocenters. The number of nitrogens with one attached hydrogen (secondary N) is 2. The summed E-state index contributed by atoms with van der Waals surface area (Å²) in [4.78, 5) is 15.5. The third kappa shape index (κ3) is 4.03. The molecule has 1 aliphatic heterocycles. The lowest BCUT2D eigenvalue weighted by atomic mass is 9.79. The number of amides is 1. The van der Waals surface area contributed by atoms with E-state index in [1.54, 1.807) is 0 Å². The number of rotatable bonds is 5. The second-order valence-electron chi connectivity index (χ2n) is 7.83. The zero-order chi connectivity index (χ0) is 18.5. The lowest BCUT2D eigenvalue weighted by Gasteiger charge is -2.48. The molecule has 2 aromatic rings. The first kappa shape index (κ1) is 18.1. The van der Waals surface area contributed by atoms with Crippen molar-refractivity contribution in [1.82, 2.24) is 30.8 Å². The molecule has 1 amide bonds. The van der Waals surface area contributed by atoms with Crippen molar-refractivity contribution in [3.63, 3.8) is 0 Å². The Hall–Kier alpha value is -2.28. The van der Waals surface area contributed by atoms with Crippen LogP contribution in [-0.4, -0.2) is 56.6 Å². The van der Waals surface area contributed by atoms with E-state index in [0.717, 1.165) is 12.1 Å². The second-order valence-corrected chi connectivity index (χ2v) is 7.83. The molecule has 1 aromatic carbocycles. The van der Waals surface area contributed by atoms with Gasteiger partial charge < -0.3 is 5.32 Å². The van der Waals surface area contributed by atoms with Gasteiger partial charge in [0.2, 0.25) is 5.82 Å². The van der Waals surface area contributed by atoms with Gasteiger partial charge in [-0.15, -0.1) is 10.2 Å². The van der Waals surface area contributed by atoms with Gasteiger partial charge in [-0.3, -0.25) is 9.69 Å². The van der Waals surface area contributed by atoms with Gasteiger partial charge in [-0.1, -0.05) is 37.8 Å². The standard InChI is InChI=1S/C20H28N6O/c27-19(17-9-7-8-16(14-17)18-22-24-25-23-18)21-15-20(10-3-1-4-11-20)26-12-5-2-6-13-26/h7-9,14H,1-6,10-13,15H2,(H,21,27)(H,22,23,24,25). The third-order valence-corrected chi connectivity index (χ3v) is 6.12. The van der Waals surface area contributed by atoms with E-state index in [0.29, 0.717) is 11.4 Å². The summed E-state index contributed by atoms with van der Waals surface area (Å²) in [6.45, 7) is 3.07. The highest BCUT2D eigenvalue weighted by Crippen LogP contribution is 2.35. The van der Waals surface area contributed by atoms with Gasteiger partial charge in [0.25, 0.3) is 5.91 Å². The molecular formula is C20H28N6O. The van der Waals surface area contributed by atoms with Crippen LogP contribution in [0.25, 0.3) is 11.4 Å². The number of carbonyl (C=O) groups excluding carboxylic acids is 1. The minimum Gasteiger partial charge on any atom is -0.350 e. The van der Waals surface area contributed by atoms with Gasteiger partial charge >= 0.3 is 0 Å². The number of benzene rings is 1. The number of tetrazole rings is 1. The van der Waals surface area contributed by atoms with Crippen LogP contribution in [0.3, 0.4) is 0 Å². The lowest BCUT2D eigenvalue weighted by Crippen LogP contribution is -2.58. The molecule has 1 aliphatic carbocycles. The second kappa shape index (κ2) is 8.17. The fourth-order valence-corrected chi connectivity index (χ4v) is 4.61. The molecule has 2 aliphatic rings. The van der Waals surface area contributed by atoms with Crippen molar-refractivity contribution >= 4 is 5.91 Å². The summed E-state index contributed by atoms with van der Waals surface area (Å²) < 4.78 is 0. The molecule has 7 nitrogen and oxygen atoms in total. The Morgan fingerprint density at radius 1 is 1.11 bits per heavy atom. The molecule has 1 aromatic heterocycles. The highest BCUT2D eigenvalue weighted by atomic mass is 16.1. The normalized spacial score (nSPS) is 20.3. The van der Waals surface area contributed by atoms with Gasteiger partial charge in [0.15, 0.2) is 0 Å². The monoisotopic (exact) mass is 368 g/mol. The molecule has 27 heavy (non-hydrogen) atoms. The van der Waals surface area contributed by atoms with Crippen molar-refractivity contribution in [3.05, 3.63) is 29.8 Å². The molecule has 0 radical (unpaired) electrons. The Morgan fingerprint density at radius 3 is 2.63 bits per heavy atom. The van der Waals surface area contributed by atoms with Crippen LogP contribution in [0.2, 0.25) is 0 Å². The first-order valence-electron chi connectivity index (χ1n) is 10.1. The minimum absolute atomic E-state index is 0.0256. The van der Waals surface area contributed by atoms with Crippen LogP contribution in [0.4, 0.5) is 0 Å². The first-order chi connectivity index (χ1) is 13.3. The number of aromatic amines is 1. The van der Waals surface area contributed by atoms with E-state index in [-0.39, 0.29) is 11.4 Å². The molecule has 2 N–H and O–H groups in total. The number of H-pyrrole nitrogens is 1. The highest BCUT2D eigenvalue weighted by Gasteiger charge is 2.38. The van der Waals surface area contributed by atoms with Crippen molar-refractivity contribution in [2.24, 2.45) is 0 Å². The summed E-state index contributed by atoms with van der Waals surface area (Å²) in [5.41, 5.74) is 1.57. The zero-order valence-electron chi connectivity index (χ0n) is 15.8. The quantitative estimate of drug-likeness (QED) is 0.847. The number of likely N-dealkylation sites (tertiary alicyclic amines) is 1. The molecule has 0 atom stereocenters. The Bertz CT molecular complexity index is 748. The maximum Gasteiger partial charge on any atom is 0.251 e. The number of nitrogens with zero attached hydrogens (tertiary/aromatic N) is 4. The van der Waals surface area contributed by atoms with E-state index >= 15 is 0 Å². The van der Waals surface area contributed by atoms with Crippen molar-refractivity contribution in [1.29, 1.82) is 0 Å².